The number of alkyl halides is 3. The molecular formula is C35H34F3N3O. The van der Waals surface area contributed by atoms with Gasteiger partial charge in [-0.25, -0.2) is 0 Å². The number of anilines is 1. The number of benzene rings is 4. The van der Waals surface area contributed by atoms with Crippen LogP contribution in [0.1, 0.15) is 24.0 Å². The van der Waals surface area contributed by atoms with Gasteiger partial charge in [-0.05, 0) is 64.9 Å². The number of halogens is 3. The van der Waals surface area contributed by atoms with E-state index in [1.807, 2.05) is 66.7 Å². The van der Waals surface area contributed by atoms with Crippen molar-refractivity contribution in [2.24, 2.45) is 0 Å². The molecule has 0 bridgehead atoms. The average Bonchev–Trinajstić information content (AvgIpc) is 3.31. The van der Waals surface area contributed by atoms with Gasteiger partial charge in [0.05, 0.1) is 0 Å². The van der Waals surface area contributed by atoms with Gasteiger partial charge in [-0.3, -0.25) is 9.69 Å². The summed E-state index contributed by atoms with van der Waals surface area (Å²) in [5.41, 5.74) is 5.86. The van der Waals surface area contributed by atoms with Gasteiger partial charge in [-0.2, -0.15) is 13.2 Å². The summed E-state index contributed by atoms with van der Waals surface area (Å²) in [6.45, 7) is 3.01. The fraction of sp³-hybridized carbons (Fsp3) is 0.286. The summed E-state index contributed by atoms with van der Waals surface area (Å²) in [4.78, 5) is 18.5. The molecule has 4 nitrogen and oxygen atoms in total. The normalized spacial score (nSPS) is 16.1. The van der Waals surface area contributed by atoms with Crippen LogP contribution in [0.5, 0.6) is 0 Å². The van der Waals surface area contributed by atoms with Crippen LogP contribution in [-0.2, 0) is 10.2 Å². The van der Waals surface area contributed by atoms with Gasteiger partial charge in [0.1, 0.15) is 12.0 Å². The van der Waals surface area contributed by atoms with E-state index >= 15 is 0 Å². The minimum absolute atomic E-state index is 0.436. The Hall–Kier alpha value is -4.10. The van der Waals surface area contributed by atoms with E-state index in [0.29, 0.717) is 12.8 Å². The Kier molecular flexibility index (Phi) is 7.78. The van der Waals surface area contributed by atoms with E-state index < -0.39 is 24.0 Å². The van der Waals surface area contributed by atoms with Gasteiger partial charge < -0.3 is 10.2 Å². The van der Waals surface area contributed by atoms with Crippen molar-refractivity contribution in [2.45, 2.75) is 24.4 Å². The molecule has 216 valence electrons. The zero-order valence-electron chi connectivity index (χ0n) is 23.4. The molecule has 0 atom stereocenters. The molecule has 1 amide bonds. The van der Waals surface area contributed by atoms with E-state index in [4.69, 9.17) is 0 Å². The molecule has 0 radical (unpaired) electrons. The quantitative estimate of drug-likeness (QED) is 0.251. The van der Waals surface area contributed by atoms with Crippen LogP contribution in [0.2, 0.25) is 0 Å². The number of nitrogens with zero attached hydrogens (tertiary/aromatic N) is 2. The Bertz CT molecular complexity index is 1480. The molecule has 0 spiro atoms. The molecule has 1 N–H and O–H groups in total. The molecule has 1 aliphatic carbocycles. The van der Waals surface area contributed by atoms with Crippen LogP contribution in [-0.4, -0.2) is 56.3 Å². The highest BCUT2D eigenvalue weighted by atomic mass is 19.4. The predicted molar refractivity (Wildman–Crippen MR) is 161 cm³/mol. The Morgan fingerprint density at radius 2 is 1.26 bits per heavy atom. The van der Waals surface area contributed by atoms with Crippen LogP contribution >= 0.6 is 0 Å². The molecule has 0 unspecified atom stereocenters. The number of fused-ring (bicyclic) bond motifs is 3. The third-order valence-corrected chi connectivity index (χ3v) is 8.64. The summed E-state index contributed by atoms with van der Waals surface area (Å²) in [7, 11) is 0. The molecule has 0 saturated carbocycles. The lowest BCUT2D eigenvalue weighted by Gasteiger charge is -2.37. The average molecular weight is 570 g/mol. The maximum Gasteiger partial charge on any atom is 0.405 e. The largest absolute Gasteiger partial charge is 0.405 e. The molecule has 1 aliphatic heterocycles. The Morgan fingerprint density at radius 1 is 0.714 bits per heavy atom. The van der Waals surface area contributed by atoms with Gasteiger partial charge >= 0.3 is 6.18 Å². The highest BCUT2D eigenvalue weighted by Gasteiger charge is 2.49. The second-order valence-corrected chi connectivity index (χ2v) is 11.1. The topological polar surface area (TPSA) is 35.6 Å². The molecule has 0 aromatic heterocycles. The molecule has 4 aromatic rings. The number of carbonyl (C=O) groups excluding carboxylic acids is 1. The molecule has 42 heavy (non-hydrogen) atoms. The minimum atomic E-state index is -4.48. The van der Waals surface area contributed by atoms with Gasteiger partial charge in [0.15, 0.2) is 0 Å². The fourth-order valence-corrected chi connectivity index (χ4v) is 6.58. The molecule has 1 saturated heterocycles. The number of hydrogen-bond acceptors (Lipinski definition) is 3. The van der Waals surface area contributed by atoms with Crippen LogP contribution < -0.4 is 10.2 Å². The maximum absolute atomic E-state index is 13.7. The van der Waals surface area contributed by atoms with Gasteiger partial charge in [-0.15, -0.1) is 0 Å². The molecule has 7 heteroatoms. The summed E-state index contributed by atoms with van der Waals surface area (Å²) >= 11 is 0. The minimum Gasteiger partial charge on any atom is -0.369 e. The van der Waals surface area contributed by atoms with E-state index in [1.165, 1.54) is 16.8 Å². The number of hydrogen-bond donors (Lipinski definition) is 1. The van der Waals surface area contributed by atoms with E-state index in [9.17, 15) is 18.0 Å². The highest BCUT2D eigenvalue weighted by Crippen LogP contribution is 2.51. The standard InChI is InChI=1S/C35H34F3N3O/c36-35(37,38)25-39-33(42)34(31-13-6-4-11-29(31)30-12-5-7-14-32(30)34)19-8-20-40-21-23-41(24-22-40)28-17-15-27(16-18-28)26-9-2-1-3-10-26/h1-7,9-18H,8,19-25H2,(H,39,42). The van der Waals surface area contributed by atoms with Crippen LogP contribution in [0.3, 0.4) is 0 Å². The fourth-order valence-electron chi connectivity index (χ4n) is 6.58. The van der Waals surface area contributed by atoms with Crippen molar-refractivity contribution >= 4 is 11.6 Å². The molecular weight excluding hydrogens is 535 g/mol. The van der Waals surface area contributed by atoms with Crippen molar-refractivity contribution in [1.29, 1.82) is 0 Å². The monoisotopic (exact) mass is 569 g/mol. The SMILES string of the molecule is O=C(NCC(F)(F)F)C1(CCCN2CCN(c3ccc(-c4ccccc4)cc3)CC2)c2ccccc2-c2ccccc21. The number of nitrogens with one attached hydrogen (secondary N) is 1. The van der Waals surface area contributed by atoms with Crippen molar-refractivity contribution in [2.75, 3.05) is 44.2 Å². The van der Waals surface area contributed by atoms with Crippen LogP contribution in [0, 0.1) is 0 Å². The van der Waals surface area contributed by atoms with Crippen molar-refractivity contribution in [1.82, 2.24) is 10.2 Å². The first-order valence-electron chi connectivity index (χ1n) is 14.5. The summed E-state index contributed by atoms with van der Waals surface area (Å²) in [6, 6.07) is 34.3. The second-order valence-electron chi connectivity index (χ2n) is 11.1. The van der Waals surface area contributed by atoms with E-state index in [2.05, 4.69) is 51.5 Å². The van der Waals surface area contributed by atoms with Crippen molar-refractivity contribution in [3.8, 4) is 22.3 Å². The van der Waals surface area contributed by atoms with Crippen LogP contribution in [0.4, 0.5) is 18.9 Å². The van der Waals surface area contributed by atoms with Gasteiger partial charge in [0.2, 0.25) is 5.91 Å². The Balaban J connectivity index is 1.13. The predicted octanol–water partition coefficient (Wildman–Crippen LogP) is 6.90. The van der Waals surface area contributed by atoms with Crippen molar-refractivity contribution in [3.05, 3.63) is 114 Å². The molecule has 1 heterocycles. The van der Waals surface area contributed by atoms with Crippen molar-refractivity contribution in [3.63, 3.8) is 0 Å². The zero-order valence-corrected chi connectivity index (χ0v) is 23.4. The summed E-state index contributed by atoms with van der Waals surface area (Å²) < 4.78 is 39.4. The Labute approximate surface area is 244 Å². The summed E-state index contributed by atoms with van der Waals surface area (Å²) in [5.74, 6) is -0.582. The zero-order chi connectivity index (χ0) is 29.2. The molecule has 4 aromatic carbocycles. The first-order valence-corrected chi connectivity index (χ1v) is 14.5. The number of piperazine rings is 1. The molecule has 1 fully saturated rings. The number of carbonyl (C=O) groups is 1. The first kappa shape index (κ1) is 28.0. The van der Waals surface area contributed by atoms with Gasteiger partial charge in [0.25, 0.3) is 0 Å². The maximum atomic E-state index is 13.7. The highest BCUT2D eigenvalue weighted by molar-refractivity contribution is 6.00. The van der Waals surface area contributed by atoms with Crippen LogP contribution in [0.25, 0.3) is 22.3 Å². The third-order valence-electron chi connectivity index (χ3n) is 8.64. The van der Waals surface area contributed by atoms with Crippen molar-refractivity contribution < 1.29 is 18.0 Å². The third kappa shape index (κ3) is 5.53. The van der Waals surface area contributed by atoms with Gasteiger partial charge in [-0.1, -0.05) is 91.0 Å². The van der Waals surface area contributed by atoms with Gasteiger partial charge in [0, 0.05) is 31.9 Å². The van der Waals surface area contributed by atoms with E-state index in [1.54, 1.807) is 0 Å². The van der Waals surface area contributed by atoms with E-state index in [0.717, 1.165) is 55.0 Å². The second kappa shape index (κ2) is 11.6. The molecule has 2 aliphatic rings. The Morgan fingerprint density at radius 3 is 1.86 bits per heavy atom. The number of amides is 1. The van der Waals surface area contributed by atoms with E-state index in [-0.39, 0.29) is 0 Å². The van der Waals surface area contributed by atoms with Crippen LogP contribution in [0.15, 0.2) is 103 Å². The summed E-state index contributed by atoms with van der Waals surface area (Å²) in [5, 5.41) is 2.23. The first-order chi connectivity index (χ1) is 20.3. The lowest BCUT2D eigenvalue weighted by Crippen LogP contribution is -2.48. The lowest BCUT2D eigenvalue weighted by molar-refractivity contribution is -0.141. The smallest absolute Gasteiger partial charge is 0.369 e. The molecule has 6 rings (SSSR count). The summed E-state index contributed by atoms with van der Waals surface area (Å²) in [6.07, 6.45) is -3.35. The lowest BCUT2D eigenvalue weighted by atomic mass is 9.73. The number of rotatable bonds is 8.